The van der Waals surface area contributed by atoms with E-state index >= 15 is 0 Å². The molecule has 2 unspecified atom stereocenters. The highest BCUT2D eigenvalue weighted by atomic mass is 16.2. The van der Waals surface area contributed by atoms with Gasteiger partial charge in [-0.3, -0.25) is 9.69 Å². The fourth-order valence-electron chi connectivity index (χ4n) is 4.19. The van der Waals surface area contributed by atoms with Crippen LogP contribution in [-0.2, 0) is 11.2 Å². The van der Waals surface area contributed by atoms with E-state index in [0.717, 1.165) is 43.9 Å². The maximum absolute atomic E-state index is 13.5. The van der Waals surface area contributed by atoms with Crippen LogP contribution in [0.1, 0.15) is 57.6 Å². The summed E-state index contributed by atoms with van der Waals surface area (Å²) in [6.07, 6.45) is 3.91. The van der Waals surface area contributed by atoms with Crippen molar-refractivity contribution in [2.24, 2.45) is 0 Å². The molecule has 2 aliphatic heterocycles. The van der Waals surface area contributed by atoms with Gasteiger partial charge in [0.15, 0.2) is 0 Å². The van der Waals surface area contributed by atoms with Crippen molar-refractivity contribution < 1.29 is 4.79 Å². The number of aromatic nitrogens is 2. The van der Waals surface area contributed by atoms with Crippen molar-refractivity contribution in [2.45, 2.75) is 64.7 Å². The predicted octanol–water partition coefficient (Wildman–Crippen LogP) is 1.93. The lowest BCUT2D eigenvalue weighted by atomic mass is 9.98. The molecule has 0 N–H and O–H groups in total. The molecule has 2 aliphatic rings. The maximum Gasteiger partial charge on any atom is 0.246 e. The first-order chi connectivity index (χ1) is 11.8. The largest absolute Gasteiger partial charge is 0.339 e. The highest BCUT2D eigenvalue weighted by Crippen LogP contribution is 2.34. The van der Waals surface area contributed by atoms with Gasteiger partial charge in [-0.2, -0.15) is 0 Å². The molecule has 1 aromatic heterocycles. The molecule has 1 amide bonds. The maximum atomic E-state index is 13.5. The number of hydrogen-bond donors (Lipinski definition) is 0. The van der Waals surface area contributed by atoms with Gasteiger partial charge in [0, 0.05) is 44.2 Å². The predicted molar refractivity (Wildman–Crippen MR) is 99.6 cm³/mol. The van der Waals surface area contributed by atoms with Crippen LogP contribution in [0.25, 0.3) is 0 Å². The topological polar surface area (TPSA) is 44.6 Å². The lowest BCUT2D eigenvalue weighted by Crippen LogP contribution is -2.49. The lowest BCUT2D eigenvalue weighted by Gasteiger charge is -2.40. The summed E-state index contributed by atoms with van der Waals surface area (Å²) in [5.74, 6) is 0.251. The highest BCUT2D eigenvalue weighted by molar-refractivity contribution is 5.84. The summed E-state index contributed by atoms with van der Waals surface area (Å²) in [5, 5.41) is 0. The van der Waals surface area contributed by atoms with Crippen LogP contribution in [0.5, 0.6) is 0 Å². The van der Waals surface area contributed by atoms with Crippen molar-refractivity contribution in [1.29, 1.82) is 0 Å². The van der Waals surface area contributed by atoms with Crippen molar-refractivity contribution in [3.63, 3.8) is 0 Å². The molecule has 3 rings (SSSR count). The number of carbonyl (C=O) groups excluding carboxylic acids is 1. The quantitative estimate of drug-likeness (QED) is 0.835. The van der Waals surface area contributed by atoms with Gasteiger partial charge in [0.25, 0.3) is 0 Å². The van der Waals surface area contributed by atoms with Crippen LogP contribution in [0.2, 0.25) is 0 Å². The molecule has 6 heteroatoms. The van der Waals surface area contributed by atoms with E-state index in [-0.39, 0.29) is 11.9 Å². The summed E-state index contributed by atoms with van der Waals surface area (Å²) in [6, 6.07) is 0.917. The molecule has 1 aromatic rings. The minimum Gasteiger partial charge on any atom is -0.339 e. The second-order valence-electron chi connectivity index (χ2n) is 8.25. The van der Waals surface area contributed by atoms with E-state index in [1.54, 1.807) is 0 Å². The Morgan fingerprint density at radius 1 is 1.20 bits per heavy atom. The Morgan fingerprint density at radius 2 is 1.92 bits per heavy atom. The van der Waals surface area contributed by atoms with Crippen LogP contribution in [0.4, 0.5) is 0 Å². The van der Waals surface area contributed by atoms with E-state index in [4.69, 9.17) is 0 Å². The molecule has 1 fully saturated rings. The zero-order valence-corrected chi connectivity index (χ0v) is 16.6. The van der Waals surface area contributed by atoms with E-state index in [1.807, 2.05) is 6.33 Å². The number of fused-ring (bicyclic) bond motifs is 1. The Hall–Kier alpha value is -1.40. The van der Waals surface area contributed by atoms with Gasteiger partial charge in [-0.15, -0.1) is 0 Å². The Labute approximate surface area is 151 Å². The molecule has 1 saturated heterocycles. The first-order valence-electron chi connectivity index (χ1n) is 9.57. The third kappa shape index (κ3) is 3.34. The molecular formula is C19H33N5O. The monoisotopic (exact) mass is 347 g/mol. The SMILES string of the molecule is CC(C)N1CCc2ncn(C(C)C)c2C1C(=O)N1CCC(N(C)C)C1. The Kier molecular flexibility index (Phi) is 5.21. The van der Waals surface area contributed by atoms with Crippen LogP contribution in [-0.4, -0.2) is 76.0 Å². The van der Waals surface area contributed by atoms with Crippen molar-refractivity contribution in [3.05, 3.63) is 17.7 Å². The van der Waals surface area contributed by atoms with Gasteiger partial charge in [-0.1, -0.05) is 0 Å². The van der Waals surface area contributed by atoms with Crippen molar-refractivity contribution in [3.8, 4) is 0 Å². The fraction of sp³-hybridized carbons (Fsp3) is 0.789. The third-order valence-electron chi connectivity index (χ3n) is 5.77. The third-order valence-corrected chi connectivity index (χ3v) is 5.77. The number of nitrogens with zero attached hydrogens (tertiary/aromatic N) is 5. The van der Waals surface area contributed by atoms with Gasteiger partial charge in [0.05, 0.1) is 17.7 Å². The van der Waals surface area contributed by atoms with Crippen LogP contribution < -0.4 is 0 Å². The molecule has 0 bridgehead atoms. The minimum absolute atomic E-state index is 0.199. The van der Waals surface area contributed by atoms with E-state index in [0.29, 0.717) is 18.1 Å². The lowest BCUT2D eigenvalue weighted by molar-refractivity contribution is -0.138. The molecular weight excluding hydrogens is 314 g/mol. The van der Waals surface area contributed by atoms with Crippen molar-refractivity contribution in [1.82, 2.24) is 24.3 Å². The molecule has 2 atom stereocenters. The zero-order chi connectivity index (χ0) is 18.3. The summed E-state index contributed by atoms with van der Waals surface area (Å²) in [4.78, 5) is 24.8. The molecule has 0 aliphatic carbocycles. The number of hydrogen-bond acceptors (Lipinski definition) is 4. The minimum atomic E-state index is -0.199. The van der Waals surface area contributed by atoms with Gasteiger partial charge in [-0.05, 0) is 48.2 Å². The van der Waals surface area contributed by atoms with Gasteiger partial charge < -0.3 is 14.4 Å². The number of likely N-dealkylation sites (tertiary alicyclic amines) is 1. The standard InChI is InChI=1S/C19H33N5O/c1-13(2)23-10-8-16-17(24(12-20-16)14(3)4)18(23)19(25)22-9-7-15(11-22)21(5)6/h12-15,18H,7-11H2,1-6H3. The number of amides is 1. The molecule has 3 heterocycles. The summed E-state index contributed by atoms with van der Waals surface area (Å²) in [5.41, 5.74) is 2.22. The number of carbonyl (C=O) groups is 1. The molecule has 25 heavy (non-hydrogen) atoms. The number of rotatable bonds is 4. The fourth-order valence-corrected chi connectivity index (χ4v) is 4.19. The Morgan fingerprint density at radius 3 is 2.48 bits per heavy atom. The first kappa shape index (κ1) is 18.4. The van der Waals surface area contributed by atoms with Crippen LogP contribution in [0, 0.1) is 0 Å². The van der Waals surface area contributed by atoms with E-state index < -0.39 is 0 Å². The van der Waals surface area contributed by atoms with Crippen molar-refractivity contribution in [2.75, 3.05) is 33.7 Å². The van der Waals surface area contributed by atoms with Gasteiger partial charge in [0.1, 0.15) is 6.04 Å². The summed E-state index contributed by atoms with van der Waals surface area (Å²) in [6.45, 7) is 11.3. The van der Waals surface area contributed by atoms with E-state index in [2.05, 4.69) is 66.0 Å². The summed E-state index contributed by atoms with van der Waals surface area (Å²) >= 11 is 0. The average Bonchev–Trinajstić information content (AvgIpc) is 3.19. The molecule has 140 valence electrons. The number of likely N-dealkylation sites (N-methyl/N-ethyl adjacent to an activating group) is 1. The zero-order valence-electron chi connectivity index (χ0n) is 16.6. The second kappa shape index (κ2) is 7.08. The van der Waals surface area contributed by atoms with Gasteiger partial charge >= 0.3 is 0 Å². The summed E-state index contributed by atoms with van der Waals surface area (Å²) < 4.78 is 2.20. The Bertz CT molecular complexity index is 621. The smallest absolute Gasteiger partial charge is 0.246 e. The van der Waals surface area contributed by atoms with Gasteiger partial charge in [0.2, 0.25) is 5.91 Å². The molecule has 0 spiro atoms. The van der Waals surface area contributed by atoms with Crippen molar-refractivity contribution >= 4 is 5.91 Å². The molecule has 0 radical (unpaired) electrons. The molecule has 0 saturated carbocycles. The van der Waals surface area contributed by atoms with Crippen LogP contribution in [0.3, 0.4) is 0 Å². The average molecular weight is 348 g/mol. The van der Waals surface area contributed by atoms with Gasteiger partial charge in [-0.25, -0.2) is 4.98 Å². The summed E-state index contributed by atoms with van der Waals surface area (Å²) in [7, 11) is 4.21. The highest BCUT2D eigenvalue weighted by Gasteiger charge is 2.41. The second-order valence-corrected chi connectivity index (χ2v) is 8.25. The first-order valence-corrected chi connectivity index (χ1v) is 9.57. The molecule has 0 aromatic carbocycles. The van der Waals surface area contributed by atoms with E-state index in [9.17, 15) is 4.79 Å². The van der Waals surface area contributed by atoms with E-state index in [1.165, 1.54) is 0 Å². The molecule has 6 nitrogen and oxygen atoms in total. The number of imidazole rings is 1. The Balaban J connectivity index is 1.94. The van der Waals surface area contributed by atoms with Crippen LogP contribution in [0.15, 0.2) is 6.33 Å². The normalized spacial score (nSPS) is 24.6. The van der Waals surface area contributed by atoms with Crippen LogP contribution >= 0.6 is 0 Å².